The van der Waals surface area contributed by atoms with Crippen molar-refractivity contribution in [1.82, 2.24) is 4.98 Å². The van der Waals surface area contributed by atoms with Gasteiger partial charge >= 0.3 is 0 Å². The smallest absolute Gasteiger partial charge is 0.121 e. The number of anilines is 1. The van der Waals surface area contributed by atoms with Crippen LogP contribution in [-0.2, 0) is 0 Å². The number of fused-ring (bicyclic) bond motifs is 1. The maximum absolute atomic E-state index is 5.29. The quantitative estimate of drug-likeness (QED) is 0.752. The Hall–Kier alpha value is -2.07. The summed E-state index contributed by atoms with van der Waals surface area (Å²) >= 11 is 1.73. The van der Waals surface area contributed by atoms with Gasteiger partial charge in [0.15, 0.2) is 0 Å². The van der Waals surface area contributed by atoms with Gasteiger partial charge in [0.2, 0.25) is 0 Å². The molecule has 1 atom stereocenters. The number of nitrogens with one attached hydrogen (secondary N) is 1. The molecule has 0 spiro atoms. The van der Waals surface area contributed by atoms with Gasteiger partial charge in [-0.25, -0.2) is 0 Å². The van der Waals surface area contributed by atoms with E-state index in [9.17, 15) is 0 Å². The lowest BCUT2D eigenvalue weighted by atomic mass is 10.1. The standard InChI is InChI=1S/C17H18N2OS/c1-11-8-14(4-5-16(11)20-3)19-12(2)13-9-17-15(18-10-13)6-7-21-17/h4-10,12,19H,1-3H3. The summed E-state index contributed by atoms with van der Waals surface area (Å²) in [6, 6.07) is 10.6. The Labute approximate surface area is 128 Å². The SMILES string of the molecule is COc1ccc(NC(C)c2cnc3ccsc3c2)cc1C. The first-order valence-corrected chi connectivity index (χ1v) is 7.79. The van der Waals surface area contributed by atoms with Crippen LogP contribution in [-0.4, -0.2) is 12.1 Å². The molecule has 0 radical (unpaired) electrons. The molecule has 0 fully saturated rings. The van der Waals surface area contributed by atoms with Crippen LogP contribution in [0.3, 0.4) is 0 Å². The van der Waals surface area contributed by atoms with Crippen LogP contribution < -0.4 is 10.1 Å². The Bertz CT molecular complexity index is 766. The molecule has 2 heterocycles. The molecule has 0 aliphatic heterocycles. The van der Waals surface area contributed by atoms with Crippen molar-refractivity contribution in [3.8, 4) is 5.75 Å². The summed E-state index contributed by atoms with van der Waals surface area (Å²) in [5.74, 6) is 0.912. The second-order valence-electron chi connectivity index (χ2n) is 5.12. The largest absolute Gasteiger partial charge is 0.496 e. The minimum Gasteiger partial charge on any atom is -0.496 e. The first-order chi connectivity index (χ1) is 10.2. The molecule has 1 N–H and O–H groups in total. The Balaban J connectivity index is 1.81. The van der Waals surface area contributed by atoms with Gasteiger partial charge in [0.1, 0.15) is 5.75 Å². The zero-order chi connectivity index (χ0) is 14.8. The summed E-state index contributed by atoms with van der Waals surface area (Å²) < 4.78 is 6.52. The summed E-state index contributed by atoms with van der Waals surface area (Å²) in [6.45, 7) is 4.20. The highest BCUT2D eigenvalue weighted by Crippen LogP contribution is 2.27. The van der Waals surface area contributed by atoms with Crippen molar-refractivity contribution >= 4 is 27.2 Å². The molecule has 108 valence electrons. The fourth-order valence-electron chi connectivity index (χ4n) is 2.40. The topological polar surface area (TPSA) is 34.1 Å². The van der Waals surface area contributed by atoms with Crippen LogP contribution >= 0.6 is 11.3 Å². The minimum absolute atomic E-state index is 0.205. The number of ether oxygens (including phenoxy) is 1. The van der Waals surface area contributed by atoms with Crippen molar-refractivity contribution in [3.63, 3.8) is 0 Å². The lowest BCUT2D eigenvalue weighted by molar-refractivity contribution is 0.412. The van der Waals surface area contributed by atoms with Crippen molar-refractivity contribution in [2.24, 2.45) is 0 Å². The average Bonchev–Trinajstić information content (AvgIpc) is 2.94. The number of methoxy groups -OCH3 is 1. The van der Waals surface area contributed by atoms with E-state index in [4.69, 9.17) is 4.74 Å². The lowest BCUT2D eigenvalue weighted by Crippen LogP contribution is -2.07. The Kier molecular flexibility index (Phi) is 3.80. The Morgan fingerprint density at radius 2 is 2.10 bits per heavy atom. The number of aryl methyl sites for hydroxylation is 1. The summed E-state index contributed by atoms with van der Waals surface area (Å²) in [6.07, 6.45) is 1.95. The minimum atomic E-state index is 0.205. The zero-order valence-corrected chi connectivity index (χ0v) is 13.2. The second-order valence-corrected chi connectivity index (χ2v) is 6.07. The highest BCUT2D eigenvalue weighted by molar-refractivity contribution is 7.17. The number of hydrogen-bond acceptors (Lipinski definition) is 4. The monoisotopic (exact) mass is 298 g/mol. The summed E-state index contributed by atoms with van der Waals surface area (Å²) in [7, 11) is 1.69. The maximum atomic E-state index is 5.29. The predicted octanol–water partition coefficient (Wildman–Crippen LogP) is 4.79. The molecule has 3 aromatic rings. The zero-order valence-electron chi connectivity index (χ0n) is 12.4. The fourth-order valence-corrected chi connectivity index (χ4v) is 3.19. The normalized spacial score (nSPS) is 12.3. The maximum Gasteiger partial charge on any atom is 0.121 e. The van der Waals surface area contributed by atoms with Crippen LogP contribution in [0.5, 0.6) is 5.75 Å². The molecule has 21 heavy (non-hydrogen) atoms. The molecule has 4 heteroatoms. The van der Waals surface area contributed by atoms with E-state index in [1.54, 1.807) is 18.4 Å². The van der Waals surface area contributed by atoms with E-state index < -0.39 is 0 Å². The van der Waals surface area contributed by atoms with Gasteiger partial charge in [-0.2, -0.15) is 0 Å². The average molecular weight is 298 g/mol. The second kappa shape index (κ2) is 5.74. The van der Waals surface area contributed by atoms with E-state index in [2.05, 4.69) is 40.8 Å². The van der Waals surface area contributed by atoms with Gasteiger partial charge < -0.3 is 10.1 Å². The highest BCUT2D eigenvalue weighted by atomic mass is 32.1. The van der Waals surface area contributed by atoms with E-state index >= 15 is 0 Å². The summed E-state index contributed by atoms with van der Waals surface area (Å²) in [5.41, 5.74) is 4.48. The van der Waals surface area contributed by atoms with Crippen LogP contribution in [0.2, 0.25) is 0 Å². The van der Waals surface area contributed by atoms with Crippen LogP contribution in [0.25, 0.3) is 10.2 Å². The number of benzene rings is 1. The molecule has 2 aromatic heterocycles. The van der Waals surface area contributed by atoms with Gasteiger partial charge in [-0.3, -0.25) is 4.98 Å². The van der Waals surface area contributed by atoms with E-state index in [1.807, 2.05) is 25.3 Å². The molecule has 0 saturated heterocycles. The van der Waals surface area contributed by atoms with Gasteiger partial charge in [0.25, 0.3) is 0 Å². The lowest BCUT2D eigenvalue weighted by Gasteiger charge is -2.16. The number of pyridine rings is 1. The molecule has 0 saturated carbocycles. The first-order valence-electron chi connectivity index (χ1n) is 6.91. The van der Waals surface area contributed by atoms with Crippen molar-refractivity contribution in [1.29, 1.82) is 0 Å². The number of thiophene rings is 1. The molecule has 0 aliphatic rings. The van der Waals surface area contributed by atoms with Gasteiger partial charge in [-0.15, -0.1) is 11.3 Å². The van der Waals surface area contributed by atoms with Crippen LogP contribution in [0.4, 0.5) is 5.69 Å². The third-order valence-electron chi connectivity index (χ3n) is 3.60. The van der Waals surface area contributed by atoms with E-state index in [1.165, 1.54) is 10.3 Å². The first kappa shape index (κ1) is 13.9. The van der Waals surface area contributed by atoms with Crippen molar-refractivity contribution < 1.29 is 4.74 Å². The fraction of sp³-hybridized carbons (Fsp3) is 0.235. The van der Waals surface area contributed by atoms with Crippen LogP contribution in [0.15, 0.2) is 41.9 Å². The summed E-state index contributed by atoms with van der Waals surface area (Å²) in [4.78, 5) is 4.50. The molecule has 0 aliphatic carbocycles. The number of aromatic nitrogens is 1. The van der Waals surface area contributed by atoms with Gasteiger partial charge in [0.05, 0.1) is 23.4 Å². The number of nitrogens with zero attached hydrogens (tertiary/aromatic N) is 1. The molecule has 1 aromatic carbocycles. The predicted molar refractivity (Wildman–Crippen MR) is 89.4 cm³/mol. The van der Waals surface area contributed by atoms with Crippen molar-refractivity contribution in [3.05, 3.63) is 53.0 Å². The highest BCUT2D eigenvalue weighted by Gasteiger charge is 2.08. The molecule has 0 amide bonds. The van der Waals surface area contributed by atoms with Crippen molar-refractivity contribution in [2.75, 3.05) is 12.4 Å². The van der Waals surface area contributed by atoms with Crippen LogP contribution in [0, 0.1) is 6.92 Å². The molecule has 0 bridgehead atoms. The molecular formula is C17H18N2OS. The number of hydrogen-bond donors (Lipinski definition) is 1. The Morgan fingerprint density at radius 1 is 1.24 bits per heavy atom. The van der Waals surface area contributed by atoms with Crippen molar-refractivity contribution in [2.45, 2.75) is 19.9 Å². The van der Waals surface area contributed by atoms with Gasteiger partial charge in [-0.1, -0.05) is 0 Å². The molecular weight excluding hydrogens is 280 g/mol. The number of rotatable bonds is 4. The van der Waals surface area contributed by atoms with Crippen LogP contribution in [0.1, 0.15) is 24.1 Å². The van der Waals surface area contributed by atoms with E-state index in [0.29, 0.717) is 0 Å². The van der Waals surface area contributed by atoms with E-state index in [-0.39, 0.29) is 6.04 Å². The summed E-state index contributed by atoms with van der Waals surface area (Å²) in [5, 5.41) is 5.59. The van der Waals surface area contributed by atoms with Gasteiger partial charge in [0, 0.05) is 11.9 Å². The molecule has 1 unspecified atom stereocenters. The molecule has 3 nitrogen and oxygen atoms in total. The molecule has 3 rings (SSSR count). The third kappa shape index (κ3) is 2.85. The van der Waals surface area contributed by atoms with E-state index in [0.717, 1.165) is 22.5 Å². The Morgan fingerprint density at radius 3 is 2.86 bits per heavy atom. The third-order valence-corrected chi connectivity index (χ3v) is 4.45. The van der Waals surface area contributed by atoms with Gasteiger partial charge in [-0.05, 0) is 60.7 Å².